The third-order valence-corrected chi connectivity index (χ3v) is 5.19. The standard InChI is InChI=1S/C16H23IO2/c1-14-6-5-9-16(12-14,13-17)19-11-10-18-15-7-3-2-4-8-15/h2-4,7-8,14H,5-6,9-13H2,1H3. The SMILES string of the molecule is CC1CCCC(CI)(OCCOc2ccccc2)C1. The zero-order valence-corrected chi connectivity index (χ0v) is 13.8. The lowest BCUT2D eigenvalue weighted by atomic mass is 9.80. The van der Waals surface area contributed by atoms with Gasteiger partial charge in [0.1, 0.15) is 12.4 Å². The molecule has 0 N–H and O–H groups in total. The molecule has 1 saturated carbocycles. The molecule has 0 saturated heterocycles. The van der Waals surface area contributed by atoms with Crippen LogP contribution in [0.3, 0.4) is 0 Å². The van der Waals surface area contributed by atoms with Gasteiger partial charge in [-0.05, 0) is 30.9 Å². The van der Waals surface area contributed by atoms with Crippen LogP contribution in [-0.2, 0) is 4.74 Å². The molecule has 1 fully saturated rings. The monoisotopic (exact) mass is 374 g/mol. The Morgan fingerprint density at radius 3 is 2.74 bits per heavy atom. The van der Waals surface area contributed by atoms with E-state index in [1.54, 1.807) is 0 Å². The van der Waals surface area contributed by atoms with Gasteiger partial charge in [0.25, 0.3) is 0 Å². The summed E-state index contributed by atoms with van der Waals surface area (Å²) in [5.41, 5.74) is 0.0955. The predicted octanol–water partition coefficient (Wildman–Crippen LogP) is 4.47. The minimum absolute atomic E-state index is 0.0955. The summed E-state index contributed by atoms with van der Waals surface area (Å²) in [7, 11) is 0. The molecule has 1 aliphatic carbocycles. The van der Waals surface area contributed by atoms with Gasteiger partial charge in [-0.25, -0.2) is 0 Å². The van der Waals surface area contributed by atoms with Crippen molar-refractivity contribution in [3.05, 3.63) is 30.3 Å². The van der Waals surface area contributed by atoms with Gasteiger partial charge in [0.2, 0.25) is 0 Å². The van der Waals surface area contributed by atoms with Crippen LogP contribution in [0.1, 0.15) is 32.6 Å². The number of hydrogen-bond acceptors (Lipinski definition) is 2. The van der Waals surface area contributed by atoms with Crippen molar-refractivity contribution in [2.75, 3.05) is 17.6 Å². The Labute approximate surface area is 130 Å². The van der Waals surface area contributed by atoms with E-state index in [0.717, 1.165) is 16.1 Å². The number of hydrogen-bond donors (Lipinski definition) is 0. The lowest BCUT2D eigenvalue weighted by Crippen LogP contribution is -2.40. The lowest BCUT2D eigenvalue weighted by Gasteiger charge is -2.38. The average Bonchev–Trinajstić information content (AvgIpc) is 2.45. The Balaban J connectivity index is 1.74. The highest BCUT2D eigenvalue weighted by atomic mass is 127. The number of para-hydroxylation sites is 1. The van der Waals surface area contributed by atoms with Crippen LogP contribution >= 0.6 is 22.6 Å². The maximum Gasteiger partial charge on any atom is 0.119 e. The van der Waals surface area contributed by atoms with Gasteiger partial charge in [-0.15, -0.1) is 0 Å². The summed E-state index contributed by atoms with van der Waals surface area (Å²) in [5.74, 6) is 1.71. The fourth-order valence-electron chi connectivity index (χ4n) is 2.84. The van der Waals surface area contributed by atoms with Gasteiger partial charge in [-0.3, -0.25) is 0 Å². The van der Waals surface area contributed by atoms with Gasteiger partial charge >= 0.3 is 0 Å². The van der Waals surface area contributed by atoms with E-state index in [2.05, 4.69) is 29.5 Å². The molecule has 0 spiro atoms. The van der Waals surface area contributed by atoms with Gasteiger partial charge in [-0.1, -0.05) is 60.6 Å². The fourth-order valence-corrected chi connectivity index (χ4v) is 3.75. The molecule has 0 aliphatic heterocycles. The summed E-state index contributed by atoms with van der Waals surface area (Å²) >= 11 is 2.47. The molecule has 2 nitrogen and oxygen atoms in total. The van der Waals surface area contributed by atoms with Crippen molar-refractivity contribution in [2.24, 2.45) is 5.92 Å². The van der Waals surface area contributed by atoms with Crippen LogP contribution < -0.4 is 4.74 Å². The summed E-state index contributed by atoms with van der Waals surface area (Å²) in [6, 6.07) is 9.95. The van der Waals surface area contributed by atoms with E-state index in [1.807, 2.05) is 30.3 Å². The average molecular weight is 374 g/mol. The first kappa shape index (κ1) is 15.1. The van der Waals surface area contributed by atoms with Crippen molar-refractivity contribution in [1.29, 1.82) is 0 Å². The highest BCUT2D eigenvalue weighted by Gasteiger charge is 2.34. The van der Waals surface area contributed by atoms with Crippen molar-refractivity contribution in [1.82, 2.24) is 0 Å². The zero-order valence-electron chi connectivity index (χ0n) is 11.6. The molecule has 1 aromatic carbocycles. The van der Waals surface area contributed by atoms with Crippen molar-refractivity contribution < 1.29 is 9.47 Å². The Kier molecular flexibility index (Phi) is 5.95. The van der Waals surface area contributed by atoms with Crippen LogP contribution in [0.4, 0.5) is 0 Å². The molecule has 0 radical (unpaired) electrons. The minimum Gasteiger partial charge on any atom is -0.491 e. The highest BCUT2D eigenvalue weighted by molar-refractivity contribution is 14.1. The Morgan fingerprint density at radius 1 is 1.26 bits per heavy atom. The second-order valence-electron chi connectivity index (χ2n) is 5.53. The van der Waals surface area contributed by atoms with Crippen LogP contribution in [0.15, 0.2) is 30.3 Å². The van der Waals surface area contributed by atoms with Crippen LogP contribution in [0.25, 0.3) is 0 Å². The molecular weight excluding hydrogens is 351 g/mol. The van der Waals surface area contributed by atoms with E-state index in [4.69, 9.17) is 9.47 Å². The van der Waals surface area contributed by atoms with E-state index in [-0.39, 0.29) is 5.60 Å². The van der Waals surface area contributed by atoms with Gasteiger partial charge in [0.15, 0.2) is 0 Å². The van der Waals surface area contributed by atoms with Crippen molar-refractivity contribution in [3.63, 3.8) is 0 Å². The largest absolute Gasteiger partial charge is 0.491 e. The number of alkyl halides is 1. The van der Waals surface area contributed by atoms with Gasteiger partial charge in [-0.2, -0.15) is 0 Å². The molecule has 2 atom stereocenters. The maximum absolute atomic E-state index is 6.18. The Bertz CT molecular complexity index is 368. The van der Waals surface area contributed by atoms with Crippen LogP contribution in [0.5, 0.6) is 5.75 Å². The summed E-state index contributed by atoms with van der Waals surface area (Å²) in [6.45, 7) is 3.66. The molecule has 1 aliphatic rings. The Morgan fingerprint density at radius 2 is 2.05 bits per heavy atom. The van der Waals surface area contributed by atoms with E-state index in [0.29, 0.717) is 13.2 Å². The highest BCUT2D eigenvalue weighted by Crippen LogP contribution is 2.36. The van der Waals surface area contributed by atoms with Crippen molar-refractivity contribution in [3.8, 4) is 5.75 Å². The summed E-state index contributed by atoms with van der Waals surface area (Å²) in [6.07, 6.45) is 5.04. The van der Waals surface area contributed by atoms with Crippen molar-refractivity contribution in [2.45, 2.75) is 38.2 Å². The van der Waals surface area contributed by atoms with Gasteiger partial charge in [0, 0.05) is 4.43 Å². The predicted molar refractivity (Wildman–Crippen MR) is 87.1 cm³/mol. The lowest BCUT2D eigenvalue weighted by molar-refractivity contribution is -0.0697. The second-order valence-corrected chi connectivity index (χ2v) is 6.29. The number of benzene rings is 1. The summed E-state index contributed by atoms with van der Waals surface area (Å²) in [4.78, 5) is 0. The summed E-state index contributed by atoms with van der Waals surface area (Å²) in [5, 5.41) is 0. The first-order chi connectivity index (χ1) is 9.24. The van der Waals surface area contributed by atoms with Crippen LogP contribution in [-0.4, -0.2) is 23.2 Å². The van der Waals surface area contributed by atoms with Crippen molar-refractivity contribution >= 4 is 22.6 Å². The van der Waals surface area contributed by atoms with Crippen LogP contribution in [0.2, 0.25) is 0 Å². The maximum atomic E-state index is 6.18. The Hall–Kier alpha value is -0.290. The molecule has 3 heteroatoms. The minimum atomic E-state index is 0.0955. The molecule has 19 heavy (non-hydrogen) atoms. The quantitative estimate of drug-likeness (QED) is 0.416. The number of halogens is 1. The first-order valence-electron chi connectivity index (χ1n) is 7.12. The number of ether oxygens (including phenoxy) is 2. The number of rotatable bonds is 6. The molecule has 0 bridgehead atoms. The first-order valence-corrected chi connectivity index (χ1v) is 8.64. The van der Waals surface area contributed by atoms with E-state index < -0.39 is 0 Å². The second kappa shape index (κ2) is 7.48. The molecular formula is C16H23IO2. The zero-order chi connectivity index (χ0) is 13.6. The van der Waals surface area contributed by atoms with Gasteiger partial charge in [0.05, 0.1) is 12.2 Å². The molecule has 106 valence electrons. The van der Waals surface area contributed by atoms with E-state index >= 15 is 0 Å². The molecule has 0 amide bonds. The molecule has 1 aromatic rings. The third kappa shape index (κ3) is 4.63. The topological polar surface area (TPSA) is 18.5 Å². The molecule has 0 aromatic heterocycles. The normalized spacial score (nSPS) is 27.2. The fraction of sp³-hybridized carbons (Fsp3) is 0.625. The summed E-state index contributed by atoms with van der Waals surface area (Å²) < 4.78 is 12.9. The molecule has 0 heterocycles. The smallest absolute Gasteiger partial charge is 0.119 e. The van der Waals surface area contributed by atoms with E-state index in [1.165, 1.54) is 25.7 Å². The van der Waals surface area contributed by atoms with Gasteiger partial charge < -0.3 is 9.47 Å². The molecule has 2 unspecified atom stereocenters. The van der Waals surface area contributed by atoms with E-state index in [9.17, 15) is 0 Å². The third-order valence-electron chi connectivity index (χ3n) is 3.80. The molecule has 2 rings (SSSR count). The van der Waals surface area contributed by atoms with Crippen LogP contribution in [0, 0.1) is 5.92 Å².